The summed E-state index contributed by atoms with van der Waals surface area (Å²) in [6.45, 7) is 1.20. The number of rotatable bonds is 7. The summed E-state index contributed by atoms with van der Waals surface area (Å²) in [4.78, 5) is 14.3. The second kappa shape index (κ2) is 6.64. The molecule has 0 aliphatic heterocycles. The molecule has 0 bridgehead atoms. The van der Waals surface area contributed by atoms with E-state index in [2.05, 4.69) is 10.3 Å². The molecule has 7 nitrogen and oxygen atoms in total. The van der Waals surface area contributed by atoms with Gasteiger partial charge in [0, 0.05) is 18.7 Å². The molecule has 17 heavy (non-hydrogen) atoms. The van der Waals surface area contributed by atoms with Crippen LogP contribution >= 0.6 is 0 Å². The molecule has 0 aromatic carbocycles. The molecule has 0 aliphatic carbocycles. The highest BCUT2D eigenvalue weighted by Crippen LogP contribution is 2.24. The summed E-state index contributed by atoms with van der Waals surface area (Å²) in [5, 5.41) is 13.7. The number of nitro groups is 1. The van der Waals surface area contributed by atoms with Gasteiger partial charge in [-0.25, -0.2) is 0 Å². The highest BCUT2D eigenvalue weighted by atomic mass is 16.6. The largest absolute Gasteiger partial charge is 0.481 e. The van der Waals surface area contributed by atoms with Crippen LogP contribution in [0.15, 0.2) is 12.1 Å². The zero-order valence-corrected chi connectivity index (χ0v) is 9.68. The molecule has 94 valence electrons. The molecule has 0 aliphatic rings. The Morgan fingerprint density at radius 2 is 2.29 bits per heavy atom. The average Bonchev–Trinajstić information content (AvgIpc) is 2.34. The predicted molar refractivity (Wildman–Crippen MR) is 64.2 cm³/mol. The molecule has 1 rings (SSSR count). The van der Waals surface area contributed by atoms with Gasteiger partial charge in [0.25, 0.3) is 0 Å². The minimum Gasteiger partial charge on any atom is -0.481 e. The molecule has 0 spiro atoms. The summed E-state index contributed by atoms with van der Waals surface area (Å²) >= 11 is 0. The van der Waals surface area contributed by atoms with E-state index in [-0.39, 0.29) is 11.5 Å². The van der Waals surface area contributed by atoms with Crippen LogP contribution in [0.4, 0.5) is 11.5 Å². The van der Waals surface area contributed by atoms with Crippen LogP contribution in [0.5, 0.6) is 5.88 Å². The van der Waals surface area contributed by atoms with Gasteiger partial charge in [-0.1, -0.05) is 0 Å². The van der Waals surface area contributed by atoms with Crippen LogP contribution in [0.25, 0.3) is 0 Å². The van der Waals surface area contributed by atoms with Crippen molar-refractivity contribution < 1.29 is 9.66 Å². The Labute approximate surface area is 99.1 Å². The van der Waals surface area contributed by atoms with E-state index in [1.54, 1.807) is 0 Å². The van der Waals surface area contributed by atoms with Gasteiger partial charge < -0.3 is 15.8 Å². The van der Waals surface area contributed by atoms with Gasteiger partial charge in [0.15, 0.2) is 0 Å². The number of nitrogens with one attached hydrogen (secondary N) is 1. The van der Waals surface area contributed by atoms with Crippen LogP contribution < -0.4 is 15.8 Å². The summed E-state index contributed by atoms with van der Waals surface area (Å²) in [6, 6.07) is 2.83. The van der Waals surface area contributed by atoms with E-state index in [0.717, 1.165) is 12.8 Å². The summed E-state index contributed by atoms with van der Waals surface area (Å²) < 4.78 is 4.92. The molecule has 1 aromatic heterocycles. The summed E-state index contributed by atoms with van der Waals surface area (Å²) in [5.41, 5.74) is 5.30. The number of ether oxygens (including phenoxy) is 1. The van der Waals surface area contributed by atoms with Crippen molar-refractivity contribution >= 4 is 11.5 Å². The molecule has 7 heteroatoms. The quantitative estimate of drug-likeness (QED) is 0.421. The van der Waals surface area contributed by atoms with Crippen molar-refractivity contribution in [1.82, 2.24) is 4.98 Å². The molecule has 0 amide bonds. The number of unbranched alkanes of at least 4 members (excludes halogenated alkanes) is 1. The standard InChI is InChI=1S/C10H16N4O3/c1-17-9-5-4-8(14(15)16)10(13-9)12-7-3-2-6-11/h4-5H,2-3,6-7,11H2,1H3,(H,12,13). The van der Waals surface area contributed by atoms with Gasteiger partial charge in [-0.05, 0) is 19.4 Å². The number of nitrogens with zero attached hydrogens (tertiary/aromatic N) is 2. The molecule has 3 N–H and O–H groups in total. The maximum Gasteiger partial charge on any atom is 0.311 e. The third-order valence-electron chi connectivity index (χ3n) is 2.18. The van der Waals surface area contributed by atoms with E-state index < -0.39 is 4.92 Å². The molecule has 0 fully saturated rings. The number of nitrogens with two attached hydrogens (primary N) is 1. The van der Waals surface area contributed by atoms with E-state index in [4.69, 9.17) is 10.5 Å². The number of aromatic nitrogens is 1. The van der Waals surface area contributed by atoms with Crippen molar-refractivity contribution in [3.8, 4) is 5.88 Å². The molecule has 0 saturated carbocycles. The summed E-state index contributed by atoms with van der Waals surface area (Å²) in [5.74, 6) is 0.572. The molecule has 0 unspecified atom stereocenters. The van der Waals surface area contributed by atoms with Crippen molar-refractivity contribution in [3.63, 3.8) is 0 Å². The highest BCUT2D eigenvalue weighted by molar-refractivity contribution is 5.56. The van der Waals surface area contributed by atoms with Gasteiger partial charge in [-0.3, -0.25) is 10.1 Å². The topological polar surface area (TPSA) is 103 Å². The van der Waals surface area contributed by atoms with Crippen molar-refractivity contribution in [2.75, 3.05) is 25.5 Å². The number of hydrogen-bond acceptors (Lipinski definition) is 6. The zero-order chi connectivity index (χ0) is 12.7. The van der Waals surface area contributed by atoms with E-state index in [0.29, 0.717) is 19.0 Å². The molecule has 0 saturated heterocycles. The Bertz CT molecular complexity index is 384. The SMILES string of the molecule is COc1ccc([N+](=O)[O-])c(NCCCCN)n1. The van der Waals surface area contributed by atoms with Crippen molar-refractivity contribution in [1.29, 1.82) is 0 Å². The lowest BCUT2D eigenvalue weighted by Gasteiger charge is -2.07. The Morgan fingerprint density at radius 1 is 1.53 bits per heavy atom. The Morgan fingerprint density at radius 3 is 2.88 bits per heavy atom. The number of anilines is 1. The summed E-state index contributed by atoms with van der Waals surface area (Å²) in [7, 11) is 1.46. The molecule has 0 radical (unpaired) electrons. The fourth-order valence-electron chi connectivity index (χ4n) is 1.30. The Balaban J connectivity index is 2.75. The zero-order valence-electron chi connectivity index (χ0n) is 9.68. The van der Waals surface area contributed by atoms with Crippen LogP contribution in [0.2, 0.25) is 0 Å². The number of pyridine rings is 1. The lowest BCUT2D eigenvalue weighted by Crippen LogP contribution is -2.08. The third-order valence-corrected chi connectivity index (χ3v) is 2.18. The molecular formula is C10H16N4O3. The first-order chi connectivity index (χ1) is 8.19. The second-order valence-electron chi connectivity index (χ2n) is 3.40. The van der Waals surface area contributed by atoms with Crippen molar-refractivity contribution in [2.45, 2.75) is 12.8 Å². The van der Waals surface area contributed by atoms with E-state index >= 15 is 0 Å². The monoisotopic (exact) mass is 240 g/mol. The Hall–Kier alpha value is -1.89. The lowest BCUT2D eigenvalue weighted by atomic mass is 10.3. The molecular weight excluding hydrogens is 224 g/mol. The normalized spacial score (nSPS) is 10.0. The predicted octanol–water partition coefficient (Wildman–Crippen LogP) is 1.15. The van der Waals surface area contributed by atoms with Gasteiger partial charge in [0.1, 0.15) is 0 Å². The van der Waals surface area contributed by atoms with Gasteiger partial charge in [-0.15, -0.1) is 0 Å². The fraction of sp³-hybridized carbons (Fsp3) is 0.500. The van der Waals surface area contributed by atoms with Crippen LogP contribution in [-0.2, 0) is 0 Å². The maximum atomic E-state index is 10.8. The first kappa shape index (κ1) is 13.2. The average molecular weight is 240 g/mol. The van der Waals surface area contributed by atoms with E-state index in [9.17, 15) is 10.1 Å². The molecule has 1 aromatic rings. The molecule has 1 heterocycles. The number of methoxy groups -OCH3 is 1. The van der Waals surface area contributed by atoms with Crippen LogP contribution in [0.1, 0.15) is 12.8 Å². The van der Waals surface area contributed by atoms with E-state index in [1.807, 2.05) is 0 Å². The van der Waals surface area contributed by atoms with Crippen molar-refractivity contribution in [2.24, 2.45) is 5.73 Å². The van der Waals surface area contributed by atoms with Gasteiger partial charge in [0.2, 0.25) is 11.7 Å². The van der Waals surface area contributed by atoms with Gasteiger partial charge in [-0.2, -0.15) is 4.98 Å². The smallest absolute Gasteiger partial charge is 0.311 e. The molecule has 0 atom stereocenters. The van der Waals surface area contributed by atoms with Crippen LogP contribution in [-0.4, -0.2) is 30.1 Å². The van der Waals surface area contributed by atoms with Gasteiger partial charge >= 0.3 is 5.69 Å². The minimum absolute atomic E-state index is 0.0569. The third kappa shape index (κ3) is 3.87. The summed E-state index contributed by atoms with van der Waals surface area (Å²) in [6.07, 6.45) is 1.71. The first-order valence-corrected chi connectivity index (χ1v) is 5.32. The van der Waals surface area contributed by atoms with Crippen LogP contribution in [0.3, 0.4) is 0 Å². The van der Waals surface area contributed by atoms with E-state index in [1.165, 1.54) is 19.2 Å². The maximum absolute atomic E-state index is 10.8. The first-order valence-electron chi connectivity index (χ1n) is 5.32. The number of hydrogen-bond donors (Lipinski definition) is 2. The van der Waals surface area contributed by atoms with Crippen LogP contribution in [0, 0.1) is 10.1 Å². The minimum atomic E-state index is -0.474. The second-order valence-corrected chi connectivity index (χ2v) is 3.40. The Kier molecular flexibility index (Phi) is 5.15. The van der Waals surface area contributed by atoms with Gasteiger partial charge in [0.05, 0.1) is 12.0 Å². The highest BCUT2D eigenvalue weighted by Gasteiger charge is 2.15. The lowest BCUT2D eigenvalue weighted by molar-refractivity contribution is -0.384. The fourth-order valence-corrected chi connectivity index (χ4v) is 1.30. The van der Waals surface area contributed by atoms with Crippen molar-refractivity contribution in [3.05, 3.63) is 22.2 Å².